The molecule has 17 heavy (non-hydrogen) atoms. The molecule has 0 unspecified atom stereocenters. The Balaban J connectivity index is 2.06. The minimum Gasteiger partial charge on any atom is -0.410 e. The van der Waals surface area contributed by atoms with Crippen molar-refractivity contribution in [3.63, 3.8) is 0 Å². The maximum Gasteiger partial charge on any atom is 0.122 e. The maximum atomic E-state index is 8.54. The molecule has 1 N–H and O–H groups in total. The molecule has 1 aromatic carbocycles. The highest BCUT2D eigenvalue weighted by molar-refractivity contribution is 9.18. The highest BCUT2D eigenvalue weighted by Crippen LogP contribution is 2.26. The van der Waals surface area contributed by atoms with Crippen LogP contribution in [0.3, 0.4) is 0 Å². The van der Waals surface area contributed by atoms with Gasteiger partial charge in [-0.1, -0.05) is 35.5 Å². The van der Waals surface area contributed by atoms with E-state index < -0.39 is 0 Å². The molecule has 1 aromatic heterocycles. The van der Waals surface area contributed by atoms with Crippen molar-refractivity contribution in [3.05, 3.63) is 46.7 Å². The summed E-state index contributed by atoms with van der Waals surface area (Å²) >= 11 is 4.93. The highest BCUT2D eigenvalue weighted by atomic mass is 79.9. The predicted molar refractivity (Wildman–Crippen MR) is 76.2 cm³/mol. The Morgan fingerprint density at radius 2 is 2.00 bits per heavy atom. The highest BCUT2D eigenvalue weighted by Gasteiger charge is 2.03. The van der Waals surface area contributed by atoms with Crippen molar-refractivity contribution in [1.29, 1.82) is 0 Å². The minimum atomic E-state index is 0.590. The molecule has 0 saturated carbocycles. The lowest BCUT2D eigenvalue weighted by molar-refractivity contribution is 0.319. The molecule has 4 heteroatoms. The second-order valence-corrected chi connectivity index (χ2v) is 5.56. The van der Waals surface area contributed by atoms with Crippen LogP contribution >= 0.6 is 27.3 Å². The molecule has 0 saturated heterocycles. The average molecular weight is 310 g/mol. The van der Waals surface area contributed by atoms with Gasteiger partial charge >= 0.3 is 0 Å². The van der Waals surface area contributed by atoms with Gasteiger partial charge in [0.05, 0.1) is 0 Å². The van der Waals surface area contributed by atoms with Gasteiger partial charge in [-0.15, -0.1) is 11.3 Å². The molecule has 0 amide bonds. The SMILES string of the molecule is O/N=C(/Br)CCc1cc(-c2ccccc2)cs1. The van der Waals surface area contributed by atoms with Crippen molar-refractivity contribution >= 4 is 31.9 Å². The third-order valence-electron chi connectivity index (χ3n) is 2.45. The van der Waals surface area contributed by atoms with Crippen LogP contribution < -0.4 is 0 Å². The van der Waals surface area contributed by atoms with Gasteiger partial charge in [0.15, 0.2) is 0 Å². The summed E-state index contributed by atoms with van der Waals surface area (Å²) in [5.74, 6) is 0. The molecular weight excluding hydrogens is 298 g/mol. The third kappa shape index (κ3) is 3.41. The number of oxime groups is 1. The molecule has 0 spiro atoms. The molecular formula is C13H12BrNOS. The van der Waals surface area contributed by atoms with Gasteiger partial charge in [-0.05, 0) is 44.9 Å². The van der Waals surface area contributed by atoms with Crippen LogP contribution in [0.5, 0.6) is 0 Å². The van der Waals surface area contributed by atoms with E-state index in [1.54, 1.807) is 11.3 Å². The minimum absolute atomic E-state index is 0.590. The van der Waals surface area contributed by atoms with Crippen molar-refractivity contribution in [2.75, 3.05) is 0 Å². The fourth-order valence-corrected chi connectivity index (χ4v) is 2.67. The molecule has 0 aliphatic rings. The van der Waals surface area contributed by atoms with Crippen LogP contribution in [-0.4, -0.2) is 9.83 Å². The summed E-state index contributed by atoms with van der Waals surface area (Å²) in [6.07, 6.45) is 1.62. The van der Waals surface area contributed by atoms with Crippen LogP contribution in [0.1, 0.15) is 11.3 Å². The van der Waals surface area contributed by atoms with E-state index in [0.717, 1.165) is 12.8 Å². The monoisotopic (exact) mass is 309 g/mol. The molecule has 88 valence electrons. The second kappa shape index (κ2) is 5.98. The average Bonchev–Trinajstić information content (AvgIpc) is 2.86. The fourth-order valence-electron chi connectivity index (χ4n) is 1.57. The fraction of sp³-hybridized carbons (Fsp3) is 0.154. The Morgan fingerprint density at radius 3 is 2.71 bits per heavy atom. The number of halogens is 1. The van der Waals surface area contributed by atoms with E-state index >= 15 is 0 Å². The molecule has 2 aromatic rings. The van der Waals surface area contributed by atoms with E-state index in [1.165, 1.54) is 16.0 Å². The zero-order valence-electron chi connectivity index (χ0n) is 9.14. The van der Waals surface area contributed by atoms with E-state index in [4.69, 9.17) is 5.21 Å². The summed E-state index contributed by atoms with van der Waals surface area (Å²) in [5.41, 5.74) is 2.49. The van der Waals surface area contributed by atoms with E-state index in [1.807, 2.05) is 18.2 Å². The molecule has 2 rings (SSSR count). The molecule has 0 fully saturated rings. The first-order chi connectivity index (χ1) is 8.29. The first kappa shape index (κ1) is 12.3. The Kier molecular flexibility index (Phi) is 4.34. The van der Waals surface area contributed by atoms with Gasteiger partial charge in [-0.2, -0.15) is 0 Å². The lowest BCUT2D eigenvalue weighted by atomic mass is 10.1. The zero-order valence-corrected chi connectivity index (χ0v) is 11.5. The van der Waals surface area contributed by atoms with Gasteiger partial charge in [0.1, 0.15) is 4.62 Å². The lowest BCUT2D eigenvalue weighted by Crippen LogP contribution is -1.89. The number of benzene rings is 1. The molecule has 0 aliphatic carbocycles. The van der Waals surface area contributed by atoms with Gasteiger partial charge in [-0.3, -0.25) is 0 Å². The molecule has 0 atom stereocenters. The molecule has 1 heterocycles. The van der Waals surface area contributed by atoms with E-state index in [9.17, 15) is 0 Å². The third-order valence-corrected chi connectivity index (χ3v) is 4.00. The quantitative estimate of drug-likeness (QED) is 0.502. The first-order valence-electron chi connectivity index (χ1n) is 5.29. The molecule has 0 aliphatic heterocycles. The Morgan fingerprint density at radius 1 is 1.24 bits per heavy atom. The van der Waals surface area contributed by atoms with Crippen LogP contribution in [0, 0.1) is 0 Å². The van der Waals surface area contributed by atoms with Gasteiger partial charge in [0.2, 0.25) is 0 Å². The topological polar surface area (TPSA) is 32.6 Å². The van der Waals surface area contributed by atoms with Crippen LogP contribution in [0.25, 0.3) is 11.1 Å². The van der Waals surface area contributed by atoms with Gasteiger partial charge in [0, 0.05) is 11.3 Å². The number of aryl methyl sites for hydroxylation is 1. The summed E-state index contributed by atoms with van der Waals surface area (Å²) < 4.78 is 0.590. The van der Waals surface area contributed by atoms with Crippen molar-refractivity contribution < 1.29 is 5.21 Å². The maximum absolute atomic E-state index is 8.54. The molecule has 2 nitrogen and oxygen atoms in total. The van der Waals surface area contributed by atoms with Crippen LogP contribution in [0.2, 0.25) is 0 Å². The van der Waals surface area contributed by atoms with Gasteiger partial charge in [-0.25, -0.2) is 0 Å². The van der Waals surface area contributed by atoms with Crippen LogP contribution in [0.4, 0.5) is 0 Å². The summed E-state index contributed by atoms with van der Waals surface area (Å²) in [7, 11) is 0. The Bertz CT molecular complexity index is 507. The largest absolute Gasteiger partial charge is 0.410 e. The van der Waals surface area contributed by atoms with Crippen LogP contribution in [0.15, 0.2) is 46.9 Å². The number of nitrogens with zero attached hydrogens (tertiary/aromatic N) is 1. The normalized spacial score (nSPS) is 11.7. The van der Waals surface area contributed by atoms with Crippen molar-refractivity contribution in [1.82, 2.24) is 0 Å². The summed E-state index contributed by atoms with van der Waals surface area (Å²) in [5, 5.41) is 13.8. The standard InChI is InChI=1S/C13H12BrNOS/c14-13(15-16)7-6-12-8-11(9-17-12)10-4-2-1-3-5-10/h1-5,8-9,16H,6-7H2/b15-13+. The number of hydrogen-bond acceptors (Lipinski definition) is 3. The lowest BCUT2D eigenvalue weighted by Gasteiger charge is -1.96. The van der Waals surface area contributed by atoms with Crippen molar-refractivity contribution in [2.45, 2.75) is 12.8 Å². The number of rotatable bonds is 4. The van der Waals surface area contributed by atoms with E-state index in [-0.39, 0.29) is 0 Å². The summed E-state index contributed by atoms with van der Waals surface area (Å²) in [6.45, 7) is 0. The van der Waals surface area contributed by atoms with Gasteiger partial charge < -0.3 is 5.21 Å². The molecule has 0 radical (unpaired) electrons. The molecule has 0 bridgehead atoms. The zero-order chi connectivity index (χ0) is 12.1. The Labute approximate surface area is 113 Å². The summed E-state index contributed by atoms with van der Waals surface area (Å²) in [6, 6.07) is 12.5. The predicted octanol–water partition coefficient (Wildman–Crippen LogP) is 4.53. The van der Waals surface area contributed by atoms with Gasteiger partial charge in [0.25, 0.3) is 0 Å². The second-order valence-electron chi connectivity index (χ2n) is 3.64. The van der Waals surface area contributed by atoms with Crippen molar-refractivity contribution in [2.24, 2.45) is 5.16 Å². The first-order valence-corrected chi connectivity index (χ1v) is 6.96. The van der Waals surface area contributed by atoms with Crippen LogP contribution in [-0.2, 0) is 6.42 Å². The van der Waals surface area contributed by atoms with E-state index in [2.05, 4.69) is 44.7 Å². The smallest absolute Gasteiger partial charge is 0.122 e. The Hall–Kier alpha value is -1.13. The van der Waals surface area contributed by atoms with E-state index in [0.29, 0.717) is 4.62 Å². The van der Waals surface area contributed by atoms with Crippen molar-refractivity contribution in [3.8, 4) is 11.1 Å². The number of hydrogen-bond donors (Lipinski definition) is 1. The summed E-state index contributed by atoms with van der Waals surface area (Å²) in [4.78, 5) is 1.30. The number of thiophene rings is 1.